The van der Waals surface area contributed by atoms with E-state index in [1.807, 2.05) is 0 Å². The van der Waals surface area contributed by atoms with Crippen LogP contribution in [0.15, 0.2) is 18.2 Å². The third-order valence-electron chi connectivity index (χ3n) is 2.55. The highest BCUT2D eigenvalue weighted by atomic mass is 35.5. The van der Waals surface area contributed by atoms with Crippen LogP contribution in [0.25, 0.3) is 10.6 Å². The van der Waals surface area contributed by atoms with Gasteiger partial charge in [-0.05, 0) is 12.1 Å². The van der Waals surface area contributed by atoms with Crippen molar-refractivity contribution in [2.75, 3.05) is 21.3 Å². The summed E-state index contributed by atoms with van der Waals surface area (Å²) in [4.78, 5) is 16.0. The van der Waals surface area contributed by atoms with Gasteiger partial charge in [0.15, 0.2) is 10.0 Å². The number of thiazole rings is 1. The lowest BCUT2D eigenvalue weighted by Crippen LogP contribution is -1.98. The first-order chi connectivity index (χ1) is 9.58. The van der Waals surface area contributed by atoms with E-state index in [0.717, 1.165) is 16.9 Å². The van der Waals surface area contributed by atoms with Crippen molar-refractivity contribution in [1.29, 1.82) is 0 Å². The second-order valence-corrected chi connectivity index (χ2v) is 5.09. The van der Waals surface area contributed by atoms with Gasteiger partial charge in [-0.25, -0.2) is 9.78 Å². The van der Waals surface area contributed by atoms with Crippen molar-refractivity contribution in [3.05, 3.63) is 28.2 Å². The molecular weight excluding hydrogens is 302 g/mol. The molecule has 2 aromatic rings. The molecule has 0 saturated carbocycles. The summed E-state index contributed by atoms with van der Waals surface area (Å²) in [6, 6.07) is 5.33. The van der Waals surface area contributed by atoms with Crippen LogP contribution >= 0.6 is 22.9 Å². The van der Waals surface area contributed by atoms with E-state index in [9.17, 15) is 4.79 Å². The van der Waals surface area contributed by atoms with Crippen molar-refractivity contribution in [2.45, 2.75) is 0 Å². The summed E-state index contributed by atoms with van der Waals surface area (Å²) in [5.41, 5.74) is 0.753. The molecule has 20 heavy (non-hydrogen) atoms. The van der Waals surface area contributed by atoms with E-state index in [4.69, 9.17) is 21.1 Å². The molecule has 0 bridgehead atoms. The number of rotatable bonds is 4. The fourth-order valence-electron chi connectivity index (χ4n) is 1.57. The number of methoxy groups -OCH3 is 3. The van der Waals surface area contributed by atoms with Crippen LogP contribution < -0.4 is 9.47 Å². The Morgan fingerprint density at radius 2 is 1.75 bits per heavy atom. The molecule has 0 aliphatic carbocycles. The summed E-state index contributed by atoms with van der Waals surface area (Å²) in [5.74, 6) is 0.754. The minimum Gasteiger partial charge on any atom is -0.497 e. The maximum Gasteiger partial charge on any atom is 0.351 e. The minimum absolute atomic E-state index is 0.124. The molecule has 5 nitrogen and oxygen atoms in total. The second-order valence-electron chi connectivity index (χ2n) is 3.73. The van der Waals surface area contributed by atoms with Gasteiger partial charge in [0, 0.05) is 11.6 Å². The molecule has 0 atom stereocenters. The zero-order valence-corrected chi connectivity index (χ0v) is 12.7. The van der Waals surface area contributed by atoms with Gasteiger partial charge in [0.1, 0.15) is 16.5 Å². The predicted molar refractivity (Wildman–Crippen MR) is 77.0 cm³/mol. The summed E-state index contributed by atoms with van der Waals surface area (Å²) < 4.78 is 15.0. The van der Waals surface area contributed by atoms with Crippen molar-refractivity contribution < 1.29 is 19.0 Å². The average Bonchev–Trinajstić information content (AvgIpc) is 2.87. The molecule has 1 heterocycles. The number of carbonyl (C=O) groups is 1. The first-order valence-corrected chi connectivity index (χ1v) is 6.76. The lowest BCUT2D eigenvalue weighted by atomic mass is 10.2. The van der Waals surface area contributed by atoms with Crippen LogP contribution in [0.3, 0.4) is 0 Å². The van der Waals surface area contributed by atoms with Crippen molar-refractivity contribution >= 4 is 28.9 Å². The Kier molecular flexibility index (Phi) is 4.46. The molecule has 7 heteroatoms. The summed E-state index contributed by atoms with van der Waals surface area (Å²) in [6.45, 7) is 0. The number of hydrogen-bond acceptors (Lipinski definition) is 6. The van der Waals surface area contributed by atoms with Gasteiger partial charge in [0.05, 0.1) is 21.3 Å². The van der Waals surface area contributed by atoms with Crippen LogP contribution in [0.4, 0.5) is 0 Å². The molecule has 0 fully saturated rings. The molecule has 0 aliphatic heterocycles. The third kappa shape index (κ3) is 2.86. The number of halogens is 1. The van der Waals surface area contributed by atoms with Crippen LogP contribution in [-0.4, -0.2) is 32.3 Å². The number of esters is 1. The number of benzene rings is 1. The third-order valence-corrected chi connectivity index (χ3v) is 4.03. The smallest absolute Gasteiger partial charge is 0.351 e. The topological polar surface area (TPSA) is 57.7 Å². The van der Waals surface area contributed by atoms with Gasteiger partial charge in [-0.15, -0.1) is 11.3 Å². The highest BCUT2D eigenvalue weighted by Gasteiger charge is 2.18. The normalized spacial score (nSPS) is 10.2. The summed E-state index contributed by atoms with van der Waals surface area (Å²) in [7, 11) is 4.42. The molecule has 0 spiro atoms. The van der Waals surface area contributed by atoms with Gasteiger partial charge in [-0.3, -0.25) is 0 Å². The quantitative estimate of drug-likeness (QED) is 0.811. The number of ether oxygens (including phenoxy) is 3. The maximum atomic E-state index is 11.5. The molecular formula is C13H12ClNO4S. The van der Waals surface area contributed by atoms with Gasteiger partial charge in [0.2, 0.25) is 0 Å². The van der Waals surface area contributed by atoms with E-state index in [0.29, 0.717) is 16.5 Å². The fourth-order valence-corrected chi connectivity index (χ4v) is 2.76. The van der Waals surface area contributed by atoms with Gasteiger partial charge in [0.25, 0.3) is 0 Å². The second kappa shape index (κ2) is 6.11. The Labute approximate surface area is 125 Å². The van der Waals surface area contributed by atoms with Crippen molar-refractivity contribution in [2.24, 2.45) is 0 Å². The first-order valence-electron chi connectivity index (χ1n) is 5.57. The molecule has 0 N–H and O–H groups in total. The minimum atomic E-state index is -0.506. The van der Waals surface area contributed by atoms with E-state index in [-0.39, 0.29) is 10.0 Å². The Bertz CT molecular complexity index is 619. The van der Waals surface area contributed by atoms with Gasteiger partial charge < -0.3 is 14.2 Å². The summed E-state index contributed by atoms with van der Waals surface area (Å²) in [6.07, 6.45) is 0. The first kappa shape index (κ1) is 14.6. The maximum absolute atomic E-state index is 11.5. The summed E-state index contributed by atoms with van der Waals surface area (Å²) >= 11 is 7.11. The van der Waals surface area contributed by atoms with Crippen LogP contribution in [0, 0.1) is 0 Å². The molecule has 0 amide bonds. The van der Waals surface area contributed by atoms with Crippen LogP contribution in [-0.2, 0) is 4.74 Å². The highest BCUT2D eigenvalue weighted by molar-refractivity contribution is 7.17. The van der Waals surface area contributed by atoms with Crippen molar-refractivity contribution in [1.82, 2.24) is 4.98 Å². The zero-order valence-electron chi connectivity index (χ0n) is 11.1. The molecule has 1 aromatic carbocycles. The molecule has 2 rings (SSSR count). The number of carbonyl (C=O) groups excluding carboxylic acids is 1. The van der Waals surface area contributed by atoms with Crippen LogP contribution in [0.2, 0.25) is 5.15 Å². The molecule has 0 radical (unpaired) electrons. The fraction of sp³-hybridized carbons (Fsp3) is 0.231. The number of nitrogens with zero attached hydrogens (tertiary/aromatic N) is 1. The van der Waals surface area contributed by atoms with E-state index in [1.165, 1.54) is 7.11 Å². The van der Waals surface area contributed by atoms with Gasteiger partial charge in [-0.1, -0.05) is 11.6 Å². The monoisotopic (exact) mass is 313 g/mol. The van der Waals surface area contributed by atoms with E-state index < -0.39 is 5.97 Å². The Morgan fingerprint density at radius 3 is 2.25 bits per heavy atom. The standard InChI is InChI=1S/C13H12ClNO4S/c1-17-8-4-7(5-9(6-8)18-2)12-15-11(14)10(20-12)13(16)19-3/h4-6H,1-3H3. The van der Waals surface area contributed by atoms with Crippen molar-refractivity contribution in [3.8, 4) is 22.1 Å². The largest absolute Gasteiger partial charge is 0.497 e. The average molecular weight is 314 g/mol. The van der Waals surface area contributed by atoms with Crippen molar-refractivity contribution in [3.63, 3.8) is 0 Å². The molecule has 1 aromatic heterocycles. The Balaban J connectivity index is 2.48. The zero-order chi connectivity index (χ0) is 14.7. The molecule has 0 unspecified atom stereocenters. The Morgan fingerprint density at radius 1 is 1.15 bits per heavy atom. The van der Waals surface area contributed by atoms with E-state index in [2.05, 4.69) is 9.72 Å². The van der Waals surface area contributed by atoms with Gasteiger partial charge >= 0.3 is 5.97 Å². The lowest BCUT2D eigenvalue weighted by molar-refractivity contribution is 0.0606. The van der Waals surface area contributed by atoms with E-state index in [1.54, 1.807) is 32.4 Å². The number of hydrogen-bond donors (Lipinski definition) is 0. The number of aromatic nitrogens is 1. The predicted octanol–water partition coefficient (Wildman–Crippen LogP) is 3.27. The van der Waals surface area contributed by atoms with Crippen LogP contribution in [0.5, 0.6) is 11.5 Å². The van der Waals surface area contributed by atoms with E-state index >= 15 is 0 Å². The molecule has 0 aliphatic rings. The Hall–Kier alpha value is -1.79. The lowest BCUT2D eigenvalue weighted by Gasteiger charge is -2.06. The SMILES string of the molecule is COC(=O)c1sc(-c2cc(OC)cc(OC)c2)nc1Cl. The highest BCUT2D eigenvalue weighted by Crippen LogP contribution is 2.35. The van der Waals surface area contributed by atoms with Crippen LogP contribution in [0.1, 0.15) is 9.67 Å². The summed E-state index contributed by atoms with van der Waals surface area (Å²) in [5, 5.41) is 0.714. The van der Waals surface area contributed by atoms with Gasteiger partial charge in [-0.2, -0.15) is 0 Å². The molecule has 106 valence electrons. The molecule has 0 saturated heterocycles.